The topological polar surface area (TPSA) is 62.1 Å². The van der Waals surface area contributed by atoms with Crippen molar-refractivity contribution in [1.82, 2.24) is 30.0 Å². The standard InChI is InChI=1S/C21H26FN7.2ClH/c1-23-8-9-29-16-17(14-26-29)15-27-10-12-28(13-11-27)21-20(24-6-7-25-21)18-2-4-19(22)5-3-18;;/h2-7,14,16,23H,8-13,15H2,1H3;2*1H. The molecule has 1 aliphatic heterocycles. The van der Waals surface area contributed by atoms with Gasteiger partial charge in [-0.05, 0) is 31.3 Å². The van der Waals surface area contributed by atoms with Gasteiger partial charge < -0.3 is 10.2 Å². The van der Waals surface area contributed by atoms with Crippen LogP contribution >= 0.6 is 24.8 Å². The van der Waals surface area contributed by atoms with Gasteiger partial charge in [-0.15, -0.1) is 24.8 Å². The number of piperazine rings is 1. The highest BCUT2D eigenvalue weighted by Crippen LogP contribution is 2.27. The third-order valence-electron chi connectivity index (χ3n) is 5.15. The maximum Gasteiger partial charge on any atom is 0.155 e. The molecule has 3 aromatic rings. The van der Waals surface area contributed by atoms with E-state index >= 15 is 0 Å². The Bertz CT molecular complexity index is 927. The lowest BCUT2D eigenvalue weighted by molar-refractivity contribution is 0.249. The zero-order chi connectivity index (χ0) is 20.1. The van der Waals surface area contributed by atoms with Crippen LogP contribution in [0.5, 0.6) is 0 Å². The van der Waals surface area contributed by atoms with Gasteiger partial charge in [-0.2, -0.15) is 5.10 Å². The molecule has 4 rings (SSSR count). The molecule has 2 aromatic heterocycles. The lowest BCUT2D eigenvalue weighted by Crippen LogP contribution is -2.46. The van der Waals surface area contributed by atoms with Crippen LogP contribution in [-0.2, 0) is 13.1 Å². The van der Waals surface area contributed by atoms with Crippen molar-refractivity contribution < 1.29 is 4.39 Å². The number of nitrogens with zero attached hydrogens (tertiary/aromatic N) is 6. The summed E-state index contributed by atoms with van der Waals surface area (Å²) in [7, 11) is 1.95. The zero-order valence-electron chi connectivity index (χ0n) is 17.4. The Morgan fingerprint density at radius 1 is 1.00 bits per heavy atom. The third kappa shape index (κ3) is 6.36. The summed E-state index contributed by atoms with van der Waals surface area (Å²) in [6.07, 6.45) is 7.48. The smallest absolute Gasteiger partial charge is 0.155 e. The van der Waals surface area contributed by atoms with Crippen LogP contribution in [0.15, 0.2) is 49.1 Å². The third-order valence-corrected chi connectivity index (χ3v) is 5.15. The van der Waals surface area contributed by atoms with E-state index in [4.69, 9.17) is 0 Å². The molecule has 0 radical (unpaired) electrons. The van der Waals surface area contributed by atoms with Gasteiger partial charge in [-0.25, -0.2) is 9.37 Å². The van der Waals surface area contributed by atoms with Crippen LogP contribution in [0, 0.1) is 5.82 Å². The largest absolute Gasteiger partial charge is 0.352 e. The van der Waals surface area contributed by atoms with Crippen LogP contribution in [-0.4, -0.2) is 64.4 Å². The fourth-order valence-electron chi connectivity index (χ4n) is 3.59. The summed E-state index contributed by atoms with van der Waals surface area (Å²) < 4.78 is 15.3. The molecule has 3 heterocycles. The molecule has 1 aliphatic rings. The summed E-state index contributed by atoms with van der Waals surface area (Å²) in [4.78, 5) is 13.8. The molecule has 0 spiro atoms. The van der Waals surface area contributed by atoms with Crippen LogP contribution in [0.2, 0.25) is 0 Å². The quantitative estimate of drug-likeness (QED) is 0.576. The van der Waals surface area contributed by atoms with E-state index in [1.54, 1.807) is 24.5 Å². The van der Waals surface area contributed by atoms with Crippen molar-refractivity contribution >= 4 is 30.6 Å². The van der Waals surface area contributed by atoms with E-state index in [0.717, 1.165) is 62.9 Å². The van der Waals surface area contributed by atoms with Crippen LogP contribution in [0.25, 0.3) is 11.3 Å². The van der Waals surface area contributed by atoms with Gasteiger partial charge in [-0.1, -0.05) is 0 Å². The summed E-state index contributed by atoms with van der Waals surface area (Å²) >= 11 is 0. The second-order valence-corrected chi connectivity index (χ2v) is 7.21. The molecular formula is C21H28Cl2FN7. The van der Waals surface area contributed by atoms with E-state index in [1.807, 2.05) is 17.9 Å². The van der Waals surface area contributed by atoms with Crippen molar-refractivity contribution in [3.63, 3.8) is 0 Å². The molecule has 10 heteroatoms. The number of likely N-dealkylation sites (N-methyl/N-ethyl adjacent to an activating group) is 1. The second-order valence-electron chi connectivity index (χ2n) is 7.21. The van der Waals surface area contributed by atoms with E-state index in [-0.39, 0.29) is 30.6 Å². The van der Waals surface area contributed by atoms with Crippen molar-refractivity contribution in [2.24, 2.45) is 0 Å². The highest BCUT2D eigenvalue weighted by Gasteiger charge is 2.21. The predicted molar refractivity (Wildman–Crippen MR) is 126 cm³/mol. The van der Waals surface area contributed by atoms with Gasteiger partial charge in [0.25, 0.3) is 0 Å². The Labute approximate surface area is 194 Å². The van der Waals surface area contributed by atoms with Gasteiger partial charge in [0.05, 0.1) is 12.7 Å². The molecule has 0 aliphatic carbocycles. The van der Waals surface area contributed by atoms with Gasteiger partial charge in [0.2, 0.25) is 0 Å². The first-order valence-electron chi connectivity index (χ1n) is 9.93. The Hall–Kier alpha value is -2.26. The first kappa shape index (κ1) is 25.0. The normalized spacial score (nSPS) is 14.1. The predicted octanol–water partition coefficient (Wildman–Crippen LogP) is 2.86. The number of aromatic nitrogens is 4. The van der Waals surface area contributed by atoms with E-state index in [0.29, 0.717) is 0 Å². The van der Waals surface area contributed by atoms with Crippen molar-refractivity contribution in [2.45, 2.75) is 13.1 Å². The number of hydrogen-bond donors (Lipinski definition) is 1. The van der Waals surface area contributed by atoms with Crippen molar-refractivity contribution in [3.8, 4) is 11.3 Å². The Morgan fingerprint density at radius 2 is 1.71 bits per heavy atom. The maximum atomic E-state index is 13.3. The molecule has 1 aromatic carbocycles. The zero-order valence-corrected chi connectivity index (χ0v) is 19.1. The van der Waals surface area contributed by atoms with Crippen molar-refractivity contribution in [1.29, 1.82) is 0 Å². The molecule has 0 bridgehead atoms. The van der Waals surface area contributed by atoms with Crippen LogP contribution in [0.1, 0.15) is 5.56 Å². The number of benzene rings is 1. The molecule has 1 N–H and O–H groups in total. The molecule has 1 saturated heterocycles. The summed E-state index contributed by atoms with van der Waals surface area (Å²) in [5.74, 6) is 0.612. The van der Waals surface area contributed by atoms with Gasteiger partial charge in [0, 0.05) is 69.0 Å². The Kier molecular flexibility index (Phi) is 9.64. The summed E-state index contributed by atoms with van der Waals surface area (Å²) in [6.45, 7) is 6.33. The van der Waals surface area contributed by atoms with Crippen LogP contribution < -0.4 is 10.2 Å². The van der Waals surface area contributed by atoms with Gasteiger partial charge >= 0.3 is 0 Å². The maximum absolute atomic E-state index is 13.3. The highest BCUT2D eigenvalue weighted by molar-refractivity contribution is 5.85. The van der Waals surface area contributed by atoms with Crippen molar-refractivity contribution in [3.05, 3.63) is 60.4 Å². The molecular weight excluding hydrogens is 440 g/mol. The molecule has 1 fully saturated rings. The molecule has 168 valence electrons. The molecule has 0 amide bonds. The van der Waals surface area contributed by atoms with E-state index < -0.39 is 0 Å². The monoisotopic (exact) mass is 467 g/mol. The highest BCUT2D eigenvalue weighted by atomic mass is 35.5. The van der Waals surface area contributed by atoms with Crippen LogP contribution in [0.4, 0.5) is 10.2 Å². The molecule has 31 heavy (non-hydrogen) atoms. The first-order valence-corrected chi connectivity index (χ1v) is 9.93. The summed E-state index contributed by atoms with van der Waals surface area (Å²) in [5, 5.41) is 7.57. The minimum atomic E-state index is -0.248. The molecule has 0 unspecified atom stereocenters. The summed E-state index contributed by atoms with van der Waals surface area (Å²) in [5.41, 5.74) is 2.92. The SMILES string of the molecule is CNCCn1cc(CN2CCN(c3nccnc3-c3ccc(F)cc3)CC2)cn1.Cl.Cl. The number of halogens is 3. The lowest BCUT2D eigenvalue weighted by Gasteiger charge is -2.35. The van der Waals surface area contributed by atoms with E-state index in [9.17, 15) is 4.39 Å². The number of nitrogens with one attached hydrogen (secondary N) is 1. The number of anilines is 1. The van der Waals surface area contributed by atoms with Crippen molar-refractivity contribution in [2.75, 3.05) is 44.7 Å². The van der Waals surface area contributed by atoms with Gasteiger partial charge in [0.15, 0.2) is 5.82 Å². The second kappa shape index (κ2) is 12.0. The number of hydrogen-bond acceptors (Lipinski definition) is 6. The summed E-state index contributed by atoms with van der Waals surface area (Å²) in [6, 6.07) is 6.43. The van der Waals surface area contributed by atoms with Gasteiger partial charge in [-0.3, -0.25) is 14.6 Å². The van der Waals surface area contributed by atoms with Crippen LogP contribution in [0.3, 0.4) is 0 Å². The average molecular weight is 468 g/mol. The minimum Gasteiger partial charge on any atom is -0.352 e. The minimum absolute atomic E-state index is 0. The van der Waals surface area contributed by atoms with E-state index in [2.05, 4.69) is 36.4 Å². The Morgan fingerprint density at radius 3 is 2.42 bits per heavy atom. The fraction of sp³-hybridized carbons (Fsp3) is 0.381. The van der Waals surface area contributed by atoms with E-state index in [1.165, 1.54) is 17.7 Å². The lowest BCUT2D eigenvalue weighted by atomic mass is 10.1. The van der Waals surface area contributed by atoms with Gasteiger partial charge in [0.1, 0.15) is 11.5 Å². The Balaban J connectivity index is 0.00000171. The number of rotatable bonds is 7. The molecule has 7 nitrogen and oxygen atoms in total. The fourth-order valence-corrected chi connectivity index (χ4v) is 3.59. The first-order chi connectivity index (χ1) is 14.2. The average Bonchev–Trinajstić information content (AvgIpc) is 3.21. The molecule has 0 atom stereocenters. The molecule has 0 saturated carbocycles.